The fourth-order valence-electron chi connectivity index (χ4n) is 3.32. The van der Waals surface area contributed by atoms with Gasteiger partial charge >= 0.3 is 0 Å². The largest absolute Gasteiger partial charge is 0.379 e. The van der Waals surface area contributed by atoms with Gasteiger partial charge in [-0.05, 0) is 23.3 Å². The fraction of sp³-hybridized carbons (Fsp3) is 0.562. The zero-order valence-electron chi connectivity index (χ0n) is 13.0. The Hall–Kier alpha value is -1.43. The Labute approximate surface area is 126 Å². The molecule has 0 heterocycles. The van der Waals surface area contributed by atoms with Crippen molar-refractivity contribution in [1.29, 1.82) is 0 Å². The predicted molar refractivity (Wildman–Crippen MR) is 83.3 cm³/mol. The molecule has 0 aliphatic heterocycles. The van der Waals surface area contributed by atoms with Crippen LogP contribution in [0.5, 0.6) is 0 Å². The van der Waals surface area contributed by atoms with Crippen molar-refractivity contribution in [2.45, 2.75) is 37.8 Å². The van der Waals surface area contributed by atoms with E-state index >= 15 is 0 Å². The SMILES string of the molecule is CO[C@H]1Cc2ccc(C(N)=O)cc2C(C)(C)[C@@H]1NCCN. The maximum absolute atomic E-state index is 11.4. The van der Waals surface area contributed by atoms with E-state index in [1.165, 1.54) is 5.56 Å². The zero-order valence-corrected chi connectivity index (χ0v) is 13.0. The van der Waals surface area contributed by atoms with Crippen LogP contribution in [0.3, 0.4) is 0 Å². The van der Waals surface area contributed by atoms with E-state index < -0.39 is 5.91 Å². The molecule has 0 unspecified atom stereocenters. The van der Waals surface area contributed by atoms with Crippen LogP contribution in [0.4, 0.5) is 0 Å². The van der Waals surface area contributed by atoms with E-state index in [-0.39, 0.29) is 17.6 Å². The highest BCUT2D eigenvalue weighted by Gasteiger charge is 2.42. The number of benzene rings is 1. The minimum atomic E-state index is -0.395. The minimum Gasteiger partial charge on any atom is -0.379 e. The molecule has 5 heteroatoms. The van der Waals surface area contributed by atoms with Crippen LogP contribution >= 0.6 is 0 Å². The lowest BCUT2D eigenvalue weighted by atomic mass is 9.67. The molecule has 2 rings (SSSR count). The van der Waals surface area contributed by atoms with Crippen LogP contribution in [0.2, 0.25) is 0 Å². The molecule has 0 saturated heterocycles. The molecule has 5 nitrogen and oxygen atoms in total. The molecule has 0 aromatic heterocycles. The molecule has 1 aliphatic carbocycles. The summed E-state index contributed by atoms with van der Waals surface area (Å²) >= 11 is 0. The predicted octanol–water partition coefficient (Wildman–Crippen LogP) is 0.551. The van der Waals surface area contributed by atoms with Crippen molar-refractivity contribution in [3.63, 3.8) is 0 Å². The van der Waals surface area contributed by atoms with Crippen molar-refractivity contribution in [3.05, 3.63) is 34.9 Å². The lowest BCUT2D eigenvalue weighted by molar-refractivity contribution is 0.0361. The highest BCUT2D eigenvalue weighted by molar-refractivity contribution is 5.93. The summed E-state index contributed by atoms with van der Waals surface area (Å²) in [6.45, 7) is 5.64. The summed E-state index contributed by atoms with van der Waals surface area (Å²) in [5.41, 5.74) is 13.8. The van der Waals surface area contributed by atoms with E-state index in [4.69, 9.17) is 16.2 Å². The first-order valence-corrected chi connectivity index (χ1v) is 7.31. The summed E-state index contributed by atoms with van der Waals surface area (Å²) in [6.07, 6.45) is 0.898. The molecule has 1 aromatic rings. The normalized spacial score (nSPS) is 23.6. The topological polar surface area (TPSA) is 90.4 Å². The standard InChI is InChI=1S/C16H25N3O2/c1-16(2)12-8-11(15(18)20)5-4-10(12)9-13(21-3)14(16)19-7-6-17/h4-5,8,13-14,19H,6-7,9,17H2,1-3H3,(H2,18,20)/t13-,14+/m0/s1. The minimum absolute atomic E-state index is 0.0819. The van der Waals surface area contributed by atoms with Crippen molar-refractivity contribution < 1.29 is 9.53 Å². The van der Waals surface area contributed by atoms with Gasteiger partial charge < -0.3 is 21.5 Å². The molecule has 0 saturated carbocycles. The van der Waals surface area contributed by atoms with E-state index in [1.54, 1.807) is 13.2 Å². The average Bonchev–Trinajstić information content (AvgIpc) is 2.45. The third kappa shape index (κ3) is 2.95. The van der Waals surface area contributed by atoms with Gasteiger partial charge in [0.2, 0.25) is 5.91 Å². The summed E-state index contributed by atoms with van der Waals surface area (Å²) in [4.78, 5) is 11.4. The number of primary amides is 1. The average molecular weight is 291 g/mol. The molecule has 116 valence electrons. The molecule has 1 aliphatic rings. The summed E-state index contributed by atoms with van der Waals surface area (Å²) in [6, 6.07) is 5.84. The number of ether oxygens (including phenoxy) is 1. The van der Waals surface area contributed by atoms with Crippen molar-refractivity contribution in [3.8, 4) is 0 Å². The second kappa shape index (κ2) is 6.13. The van der Waals surface area contributed by atoms with Crippen molar-refractivity contribution in [1.82, 2.24) is 5.32 Å². The van der Waals surface area contributed by atoms with E-state index in [0.29, 0.717) is 12.1 Å². The smallest absolute Gasteiger partial charge is 0.248 e. The monoisotopic (exact) mass is 291 g/mol. The molecular formula is C16H25N3O2. The van der Waals surface area contributed by atoms with Gasteiger partial charge in [0, 0.05) is 43.6 Å². The number of carbonyl (C=O) groups is 1. The molecule has 1 amide bonds. The van der Waals surface area contributed by atoms with E-state index in [2.05, 4.69) is 19.2 Å². The maximum Gasteiger partial charge on any atom is 0.248 e. The Kier molecular flexibility index (Phi) is 4.66. The van der Waals surface area contributed by atoms with Gasteiger partial charge in [0.05, 0.1) is 6.10 Å². The second-order valence-electron chi connectivity index (χ2n) is 6.16. The van der Waals surface area contributed by atoms with Gasteiger partial charge in [-0.2, -0.15) is 0 Å². The van der Waals surface area contributed by atoms with Gasteiger partial charge in [-0.15, -0.1) is 0 Å². The lowest BCUT2D eigenvalue weighted by Gasteiger charge is -2.45. The zero-order chi connectivity index (χ0) is 15.6. The number of nitrogens with one attached hydrogen (secondary N) is 1. The van der Waals surface area contributed by atoms with Crippen molar-refractivity contribution >= 4 is 5.91 Å². The van der Waals surface area contributed by atoms with E-state index in [0.717, 1.165) is 18.5 Å². The Morgan fingerprint density at radius 2 is 2.19 bits per heavy atom. The van der Waals surface area contributed by atoms with Crippen LogP contribution in [0.1, 0.15) is 35.3 Å². The van der Waals surface area contributed by atoms with Gasteiger partial charge in [-0.25, -0.2) is 0 Å². The van der Waals surface area contributed by atoms with Gasteiger partial charge in [0.1, 0.15) is 0 Å². The number of rotatable bonds is 5. The number of hydrogen-bond donors (Lipinski definition) is 3. The number of fused-ring (bicyclic) bond motifs is 1. The first-order valence-electron chi connectivity index (χ1n) is 7.31. The Bertz CT molecular complexity index is 528. The van der Waals surface area contributed by atoms with Crippen LogP contribution < -0.4 is 16.8 Å². The molecule has 0 bridgehead atoms. The number of nitrogens with two attached hydrogens (primary N) is 2. The molecule has 2 atom stereocenters. The Morgan fingerprint density at radius 3 is 2.76 bits per heavy atom. The van der Waals surface area contributed by atoms with Gasteiger partial charge in [0.15, 0.2) is 0 Å². The molecular weight excluding hydrogens is 266 g/mol. The van der Waals surface area contributed by atoms with E-state index in [1.807, 2.05) is 12.1 Å². The number of methoxy groups -OCH3 is 1. The van der Waals surface area contributed by atoms with Gasteiger partial charge in [-0.1, -0.05) is 19.9 Å². The highest BCUT2D eigenvalue weighted by atomic mass is 16.5. The third-order valence-electron chi connectivity index (χ3n) is 4.47. The van der Waals surface area contributed by atoms with Crippen LogP contribution in [0.25, 0.3) is 0 Å². The number of carbonyl (C=O) groups excluding carboxylic acids is 1. The van der Waals surface area contributed by atoms with E-state index in [9.17, 15) is 4.79 Å². The quantitative estimate of drug-likeness (QED) is 0.739. The van der Waals surface area contributed by atoms with Crippen LogP contribution in [-0.2, 0) is 16.6 Å². The number of hydrogen-bond acceptors (Lipinski definition) is 4. The van der Waals surface area contributed by atoms with Gasteiger partial charge in [-0.3, -0.25) is 4.79 Å². The summed E-state index contributed by atoms with van der Waals surface area (Å²) in [5.74, 6) is -0.395. The number of amides is 1. The molecule has 1 aromatic carbocycles. The maximum atomic E-state index is 11.4. The highest BCUT2D eigenvalue weighted by Crippen LogP contribution is 2.38. The molecule has 0 fully saturated rings. The second-order valence-corrected chi connectivity index (χ2v) is 6.16. The van der Waals surface area contributed by atoms with Gasteiger partial charge in [0.25, 0.3) is 0 Å². The Balaban J connectivity index is 2.44. The molecule has 0 radical (unpaired) electrons. The lowest BCUT2D eigenvalue weighted by Crippen LogP contribution is -2.57. The summed E-state index contributed by atoms with van der Waals surface area (Å²) in [5, 5.41) is 3.49. The summed E-state index contributed by atoms with van der Waals surface area (Å²) in [7, 11) is 1.74. The van der Waals surface area contributed by atoms with Crippen molar-refractivity contribution in [2.24, 2.45) is 11.5 Å². The molecule has 5 N–H and O–H groups in total. The first-order chi connectivity index (χ1) is 9.91. The molecule has 0 spiro atoms. The summed E-state index contributed by atoms with van der Waals surface area (Å²) < 4.78 is 5.68. The van der Waals surface area contributed by atoms with Crippen LogP contribution in [0, 0.1) is 0 Å². The van der Waals surface area contributed by atoms with Crippen LogP contribution in [-0.4, -0.2) is 38.3 Å². The van der Waals surface area contributed by atoms with Crippen LogP contribution in [0.15, 0.2) is 18.2 Å². The third-order valence-corrected chi connectivity index (χ3v) is 4.47. The fourth-order valence-corrected chi connectivity index (χ4v) is 3.32. The molecule has 21 heavy (non-hydrogen) atoms. The first kappa shape index (κ1) is 15.9. The Morgan fingerprint density at radius 1 is 1.48 bits per heavy atom. The van der Waals surface area contributed by atoms with Crippen molar-refractivity contribution in [2.75, 3.05) is 20.2 Å².